The second kappa shape index (κ2) is 8.69. The van der Waals surface area contributed by atoms with Gasteiger partial charge in [0.2, 0.25) is 0 Å². The molecule has 0 saturated heterocycles. The maximum Gasteiger partial charge on any atom is 0.268 e. The molecule has 1 N–H and O–H groups in total. The van der Waals surface area contributed by atoms with Gasteiger partial charge in [-0.2, -0.15) is 5.10 Å². The van der Waals surface area contributed by atoms with Crippen LogP contribution >= 0.6 is 0 Å². The van der Waals surface area contributed by atoms with Crippen LogP contribution in [0.4, 0.5) is 5.69 Å². The summed E-state index contributed by atoms with van der Waals surface area (Å²) in [6.45, 7) is 7.63. The van der Waals surface area contributed by atoms with Crippen LogP contribution in [-0.4, -0.2) is 36.5 Å². The summed E-state index contributed by atoms with van der Waals surface area (Å²) in [6.07, 6.45) is 5.18. The van der Waals surface area contributed by atoms with E-state index in [2.05, 4.69) is 29.2 Å². The van der Waals surface area contributed by atoms with E-state index in [9.17, 15) is 4.79 Å². The monoisotopic (exact) mass is 266 g/mol. The highest BCUT2D eigenvalue weighted by atomic mass is 16.1. The first-order valence-electron chi connectivity index (χ1n) is 7.18. The number of hydrogen-bond donors (Lipinski definition) is 1. The molecular formula is C14H26N4O. The van der Waals surface area contributed by atoms with Crippen LogP contribution in [0.2, 0.25) is 0 Å². The highest BCUT2D eigenvalue weighted by Crippen LogP contribution is 2.06. The third kappa shape index (κ3) is 5.42. The van der Waals surface area contributed by atoms with Crippen LogP contribution in [-0.2, 0) is 6.54 Å². The van der Waals surface area contributed by atoms with Gasteiger partial charge < -0.3 is 10.2 Å². The Morgan fingerprint density at radius 3 is 2.74 bits per heavy atom. The third-order valence-electron chi connectivity index (χ3n) is 3.06. The second-order valence-electron chi connectivity index (χ2n) is 4.80. The fourth-order valence-corrected chi connectivity index (χ4v) is 1.88. The van der Waals surface area contributed by atoms with Crippen molar-refractivity contribution in [3.05, 3.63) is 22.6 Å². The average Bonchev–Trinajstić information content (AvgIpc) is 2.40. The number of hydrogen-bond acceptors (Lipinski definition) is 4. The van der Waals surface area contributed by atoms with E-state index in [1.165, 1.54) is 17.5 Å². The summed E-state index contributed by atoms with van der Waals surface area (Å²) in [5.41, 5.74) is 0.861. The van der Waals surface area contributed by atoms with Gasteiger partial charge in [0.1, 0.15) is 0 Å². The van der Waals surface area contributed by atoms with Gasteiger partial charge in [-0.3, -0.25) is 4.79 Å². The zero-order chi connectivity index (χ0) is 14.1. The number of unbranched alkanes of at least 4 members (excludes halogenated alkanes) is 1. The van der Waals surface area contributed by atoms with Crippen molar-refractivity contribution < 1.29 is 0 Å². The first-order valence-corrected chi connectivity index (χ1v) is 7.18. The highest BCUT2D eigenvalue weighted by molar-refractivity contribution is 5.41. The van der Waals surface area contributed by atoms with Crippen molar-refractivity contribution >= 4 is 5.69 Å². The molecule has 1 aromatic rings. The Labute approximate surface area is 115 Å². The molecule has 0 atom stereocenters. The molecule has 108 valence electrons. The van der Waals surface area contributed by atoms with E-state index in [4.69, 9.17) is 0 Å². The molecule has 0 fully saturated rings. The van der Waals surface area contributed by atoms with E-state index in [0.717, 1.165) is 31.7 Å². The van der Waals surface area contributed by atoms with Crippen LogP contribution in [0.5, 0.6) is 0 Å². The molecule has 1 aromatic heterocycles. The molecule has 0 radical (unpaired) electrons. The normalized spacial score (nSPS) is 10.7. The molecule has 0 unspecified atom stereocenters. The lowest BCUT2D eigenvalue weighted by atomic mass is 10.3. The highest BCUT2D eigenvalue weighted by Gasteiger charge is 2.03. The first-order chi connectivity index (χ1) is 9.19. The molecule has 0 aliphatic heterocycles. The summed E-state index contributed by atoms with van der Waals surface area (Å²) >= 11 is 0. The number of anilines is 1. The van der Waals surface area contributed by atoms with E-state index in [-0.39, 0.29) is 5.56 Å². The van der Waals surface area contributed by atoms with Crippen LogP contribution in [0, 0.1) is 0 Å². The van der Waals surface area contributed by atoms with Gasteiger partial charge in [0.05, 0.1) is 18.4 Å². The molecule has 0 amide bonds. The van der Waals surface area contributed by atoms with Gasteiger partial charge in [-0.1, -0.05) is 20.3 Å². The maximum absolute atomic E-state index is 11.9. The summed E-state index contributed by atoms with van der Waals surface area (Å²) in [7, 11) is 1.98. The summed E-state index contributed by atoms with van der Waals surface area (Å²) in [4.78, 5) is 14.0. The molecule has 5 heteroatoms. The molecule has 0 aliphatic rings. The zero-order valence-corrected chi connectivity index (χ0v) is 12.4. The Bertz CT molecular complexity index is 416. The molecule has 0 spiro atoms. The molecule has 0 saturated carbocycles. The van der Waals surface area contributed by atoms with Crippen molar-refractivity contribution in [1.82, 2.24) is 15.1 Å². The van der Waals surface area contributed by atoms with E-state index in [0.29, 0.717) is 6.54 Å². The summed E-state index contributed by atoms with van der Waals surface area (Å²) in [6, 6.07) is 1.66. The van der Waals surface area contributed by atoms with E-state index in [1.807, 2.05) is 7.05 Å². The van der Waals surface area contributed by atoms with Crippen molar-refractivity contribution in [2.45, 2.75) is 39.7 Å². The van der Waals surface area contributed by atoms with Gasteiger partial charge >= 0.3 is 0 Å². The molecular weight excluding hydrogens is 240 g/mol. The lowest BCUT2D eigenvalue weighted by molar-refractivity contribution is 0.525. The Morgan fingerprint density at radius 2 is 2.11 bits per heavy atom. The number of rotatable bonds is 9. The van der Waals surface area contributed by atoms with Crippen molar-refractivity contribution in [1.29, 1.82) is 0 Å². The average molecular weight is 266 g/mol. The number of nitrogens with one attached hydrogen (secondary N) is 1. The van der Waals surface area contributed by atoms with Crippen LogP contribution < -0.4 is 15.8 Å². The predicted molar refractivity (Wildman–Crippen MR) is 79.8 cm³/mol. The van der Waals surface area contributed by atoms with Crippen LogP contribution in [0.1, 0.15) is 33.1 Å². The fraction of sp³-hybridized carbons (Fsp3) is 0.714. The Balaban J connectivity index is 2.50. The Hall–Kier alpha value is -1.36. The van der Waals surface area contributed by atoms with Crippen LogP contribution in [0.15, 0.2) is 17.1 Å². The molecule has 5 nitrogen and oxygen atoms in total. The van der Waals surface area contributed by atoms with Crippen LogP contribution in [0.3, 0.4) is 0 Å². The molecule has 0 aromatic carbocycles. The van der Waals surface area contributed by atoms with E-state index >= 15 is 0 Å². The zero-order valence-electron chi connectivity index (χ0n) is 12.4. The summed E-state index contributed by atoms with van der Waals surface area (Å²) in [5, 5.41) is 7.53. The van der Waals surface area contributed by atoms with Crippen molar-refractivity contribution in [3.8, 4) is 0 Å². The van der Waals surface area contributed by atoms with E-state index in [1.54, 1.807) is 12.3 Å². The Kier molecular flexibility index (Phi) is 7.18. The topological polar surface area (TPSA) is 50.2 Å². The molecule has 19 heavy (non-hydrogen) atoms. The van der Waals surface area contributed by atoms with Gasteiger partial charge in [-0.25, -0.2) is 4.68 Å². The fourth-order valence-electron chi connectivity index (χ4n) is 1.88. The second-order valence-corrected chi connectivity index (χ2v) is 4.80. The van der Waals surface area contributed by atoms with Crippen molar-refractivity contribution in [3.63, 3.8) is 0 Å². The van der Waals surface area contributed by atoms with Gasteiger partial charge in [0.15, 0.2) is 0 Å². The molecule has 0 bridgehead atoms. The minimum Gasteiger partial charge on any atom is -0.373 e. The summed E-state index contributed by atoms with van der Waals surface area (Å²) in [5.74, 6) is 0. The first kappa shape index (κ1) is 15.7. The molecule has 1 rings (SSSR count). The van der Waals surface area contributed by atoms with Crippen molar-refractivity contribution in [2.24, 2.45) is 0 Å². The van der Waals surface area contributed by atoms with Crippen LogP contribution in [0.25, 0.3) is 0 Å². The van der Waals surface area contributed by atoms with Gasteiger partial charge in [-0.05, 0) is 19.4 Å². The largest absolute Gasteiger partial charge is 0.373 e. The predicted octanol–water partition coefficient (Wildman–Crippen LogP) is 1.48. The Morgan fingerprint density at radius 1 is 1.32 bits per heavy atom. The SMILES string of the molecule is CCCCNCCn1ncc(N(C)CCC)cc1=O. The molecule has 0 aliphatic carbocycles. The van der Waals surface area contributed by atoms with Gasteiger partial charge in [0.25, 0.3) is 5.56 Å². The minimum absolute atomic E-state index is 0.0299. The van der Waals surface area contributed by atoms with Gasteiger partial charge in [0, 0.05) is 26.2 Å². The quantitative estimate of drug-likeness (QED) is 0.688. The van der Waals surface area contributed by atoms with E-state index < -0.39 is 0 Å². The lowest BCUT2D eigenvalue weighted by Gasteiger charge is -2.17. The molecule has 1 heterocycles. The smallest absolute Gasteiger partial charge is 0.268 e. The minimum atomic E-state index is -0.0299. The summed E-state index contributed by atoms with van der Waals surface area (Å²) < 4.78 is 1.52. The maximum atomic E-state index is 11.9. The van der Waals surface area contributed by atoms with Crippen molar-refractivity contribution in [2.75, 3.05) is 31.6 Å². The lowest BCUT2D eigenvalue weighted by Crippen LogP contribution is -2.30. The third-order valence-corrected chi connectivity index (χ3v) is 3.06. The van der Waals surface area contributed by atoms with Gasteiger partial charge in [-0.15, -0.1) is 0 Å². The standard InChI is InChI=1S/C14H26N4O/c1-4-6-7-15-8-10-18-14(19)11-13(12-16-18)17(3)9-5-2/h11-12,15H,4-10H2,1-3H3. The number of nitrogens with zero attached hydrogens (tertiary/aromatic N) is 3. The number of aromatic nitrogens is 2.